The van der Waals surface area contributed by atoms with Gasteiger partial charge in [-0.05, 0) is 19.8 Å². The van der Waals surface area contributed by atoms with Crippen LogP contribution in [0.3, 0.4) is 0 Å². The van der Waals surface area contributed by atoms with Gasteiger partial charge in [-0.1, -0.05) is 31.8 Å². The molecule has 4 rings (SSSR count). The molecule has 8 heteroatoms. The van der Waals surface area contributed by atoms with Crippen molar-refractivity contribution in [1.29, 1.82) is 0 Å². The van der Waals surface area contributed by atoms with Crippen LogP contribution in [0.15, 0.2) is 16.9 Å². The minimum absolute atomic E-state index is 0.0768. The number of fused-ring (bicyclic) bond motifs is 1. The predicted molar refractivity (Wildman–Crippen MR) is 92.5 cm³/mol. The molecule has 0 N–H and O–H groups in total. The molecule has 3 aromatic heterocycles. The summed E-state index contributed by atoms with van der Waals surface area (Å²) in [4.78, 5) is 15.7. The zero-order chi connectivity index (χ0) is 17.4. The highest BCUT2D eigenvalue weighted by molar-refractivity contribution is 5.48. The SMILES string of the molecule is Cc1cc(N2CCCCC[C@H]2c2noc(C(C)C)n2)n2ncnc2n1. The molecule has 0 radical (unpaired) electrons. The van der Waals surface area contributed by atoms with Crippen molar-refractivity contribution in [3.8, 4) is 0 Å². The molecule has 1 aliphatic heterocycles. The third-order valence-corrected chi connectivity index (χ3v) is 4.66. The van der Waals surface area contributed by atoms with Crippen LogP contribution < -0.4 is 4.90 Å². The molecule has 8 nitrogen and oxygen atoms in total. The average Bonchev–Trinajstić information content (AvgIpc) is 3.18. The summed E-state index contributed by atoms with van der Waals surface area (Å²) in [6.45, 7) is 7.03. The molecule has 0 spiro atoms. The van der Waals surface area contributed by atoms with Crippen molar-refractivity contribution >= 4 is 11.6 Å². The third-order valence-electron chi connectivity index (χ3n) is 4.66. The Balaban J connectivity index is 1.79. The highest BCUT2D eigenvalue weighted by Crippen LogP contribution is 2.33. The van der Waals surface area contributed by atoms with E-state index in [1.807, 2.05) is 6.92 Å². The maximum Gasteiger partial charge on any atom is 0.254 e. The maximum atomic E-state index is 5.47. The van der Waals surface area contributed by atoms with E-state index in [0.717, 1.165) is 43.1 Å². The van der Waals surface area contributed by atoms with Gasteiger partial charge in [0.05, 0.1) is 6.04 Å². The second kappa shape index (κ2) is 6.42. The van der Waals surface area contributed by atoms with E-state index in [4.69, 9.17) is 4.52 Å². The van der Waals surface area contributed by atoms with Gasteiger partial charge in [0.1, 0.15) is 12.1 Å². The number of anilines is 1. The van der Waals surface area contributed by atoms with Crippen molar-refractivity contribution in [2.75, 3.05) is 11.4 Å². The van der Waals surface area contributed by atoms with Gasteiger partial charge in [0.15, 0.2) is 5.82 Å². The largest absolute Gasteiger partial charge is 0.346 e. The summed E-state index contributed by atoms with van der Waals surface area (Å²) in [5.41, 5.74) is 0.925. The first kappa shape index (κ1) is 16.0. The van der Waals surface area contributed by atoms with Crippen LogP contribution in [0.1, 0.15) is 68.9 Å². The Bertz CT molecular complexity index is 869. The Morgan fingerprint density at radius 3 is 2.88 bits per heavy atom. The molecular weight excluding hydrogens is 318 g/mol. The summed E-state index contributed by atoms with van der Waals surface area (Å²) in [6, 6.07) is 2.14. The Morgan fingerprint density at radius 1 is 1.20 bits per heavy atom. The summed E-state index contributed by atoms with van der Waals surface area (Å²) >= 11 is 0. The molecule has 132 valence electrons. The van der Waals surface area contributed by atoms with E-state index in [-0.39, 0.29) is 12.0 Å². The molecule has 4 heterocycles. The van der Waals surface area contributed by atoms with Gasteiger partial charge in [-0.15, -0.1) is 0 Å². The first-order chi connectivity index (χ1) is 12.1. The van der Waals surface area contributed by atoms with E-state index in [9.17, 15) is 0 Å². The molecule has 0 unspecified atom stereocenters. The topological polar surface area (TPSA) is 85.2 Å². The number of nitrogens with zero attached hydrogens (tertiary/aromatic N) is 7. The van der Waals surface area contributed by atoms with E-state index in [0.29, 0.717) is 11.7 Å². The van der Waals surface area contributed by atoms with Crippen LogP contribution in [0.5, 0.6) is 0 Å². The van der Waals surface area contributed by atoms with Crippen LogP contribution in [-0.4, -0.2) is 36.3 Å². The Morgan fingerprint density at radius 2 is 2.08 bits per heavy atom. The Hall–Kier alpha value is -2.51. The first-order valence-electron chi connectivity index (χ1n) is 8.91. The van der Waals surface area contributed by atoms with Crippen molar-refractivity contribution < 1.29 is 4.52 Å². The van der Waals surface area contributed by atoms with Gasteiger partial charge >= 0.3 is 0 Å². The van der Waals surface area contributed by atoms with E-state index in [1.165, 1.54) is 6.42 Å². The lowest BCUT2D eigenvalue weighted by Crippen LogP contribution is -2.31. The van der Waals surface area contributed by atoms with Gasteiger partial charge in [0, 0.05) is 24.2 Å². The van der Waals surface area contributed by atoms with Gasteiger partial charge in [-0.3, -0.25) is 0 Å². The van der Waals surface area contributed by atoms with Crippen LogP contribution in [0.4, 0.5) is 5.82 Å². The zero-order valence-corrected chi connectivity index (χ0v) is 14.9. The van der Waals surface area contributed by atoms with Gasteiger partial charge < -0.3 is 9.42 Å². The van der Waals surface area contributed by atoms with Crippen LogP contribution >= 0.6 is 0 Å². The van der Waals surface area contributed by atoms with Gasteiger partial charge in [-0.2, -0.15) is 19.6 Å². The Kier molecular flexibility index (Phi) is 4.10. The van der Waals surface area contributed by atoms with Crippen LogP contribution in [0, 0.1) is 6.92 Å². The fourth-order valence-corrected chi connectivity index (χ4v) is 3.38. The molecule has 0 saturated carbocycles. The van der Waals surface area contributed by atoms with Crippen molar-refractivity contribution in [1.82, 2.24) is 29.7 Å². The second-order valence-electron chi connectivity index (χ2n) is 6.93. The molecular formula is C17H23N7O. The average molecular weight is 341 g/mol. The van der Waals surface area contributed by atoms with Crippen molar-refractivity contribution in [2.45, 2.75) is 58.4 Å². The highest BCUT2D eigenvalue weighted by Gasteiger charge is 2.29. The van der Waals surface area contributed by atoms with E-state index in [1.54, 1.807) is 10.8 Å². The number of aryl methyl sites for hydroxylation is 1. The van der Waals surface area contributed by atoms with Gasteiger partial charge in [0.25, 0.3) is 5.78 Å². The lowest BCUT2D eigenvalue weighted by Gasteiger charge is -2.29. The number of aromatic nitrogens is 6. The second-order valence-corrected chi connectivity index (χ2v) is 6.93. The van der Waals surface area contributed by atoms with Crippen LogP contribution in [0.25, 0.3) is 5.78 Å². The summed E-state index contributed by atoms with van der Waals surface area (Å²) in [6.07, 6.45) is 6.02. The maximum absolute atomic E-state index is 5.47. The predicted octanol–water partition coefficient (Wildman–Crippen LogP) is 3.06. The summed E-state index contributed by atoms with van der Waals surface area (Å²) in [5, 5.41) is 8.64. The highest BCUT2D eigenvalue weighted by atomic mass is 16.5. The minimum Gasteiger partial charge on any atom is -0.346 e. The lowest BCUT2D eigenvalue weighted by molar-refractivity contribution is 0.356. The van der Waals surface area contributed by atoms with E-state index in [2.05, 4.69) is 50.0 Å². The van der Waals surface area contributed by atoms with E-state index < -0.39 is 0 Å². The lowest BCUT2D eigenvalue weighted by atomic mass is 10.1. The standard InChI is InChI=1S/C17H23N7O/c1-11(2)16-21-15(22-25-16)13-7-5-4-6-8-23(13)14-9-12(3)20-17-18-10-19-24(14)17/h9-11,13H,4-8H2,1-3H3/t13-/m0/s1. The number of hydrogen-bond donors (Lipinski definition) is 0. The summed E-state index contributed by atoms with van der Waals surface area (Å²) in [7, 11) is 0. The van der Waals surface area contributed by atoms with Crippen LogP contribution in [-0.2, 0) is 0 Å². The first-order valence-corrected chi connectivity index (χ1v) is 8.91. The van der Waals surface area contributed by atoms with Crippen LogP contribution in [0.2, 0.25) is 0 Å². The molecule has 1 aliphatic rings. The van der Waals surface area contributed by atoms with Crippen molar-refractivity contribution in [3.05, 3.63) is 29.8 Å². The number of rotatable bonds is 3. The fraction of sp³-hybridized carbons (Fsp3) is 0.588. The molecule has 1 saturated heterocycles. The zero-order valence-electron chi connectivity index (χ0n) is 14.9. The smallest absolute Gasteiger partial charge is 0.254 e. The molecule has 3 aromatic rings. The van der Waals surface area contributed by atoms with E-state index >= 15 is 0 Å². The minimum atomic E-state index is 0.0768. The van der Waals surface area contributed by atoms with Crippen molar-refractivity contribution in [3.63, 3.8) is 0 Å². The molecule has 0 amide bonds. The normalized spacial score (nSPS) is 18.9. The monoisotopic (exact) mass is 341 g/mol. The van der Waals surface area contributed by atoms with Crippen molar-refractivity contribution in [2.24, 2.45) is 0 Å². The summed E-state index contributed by atoms with van der Waals surface area (Å²) < 4.78 is 7.27. The molecule has 1 fully saturated rings. The third kappa shape index (κ3) is 2.96. The Labute approximate surface area is 146 Å². The summed E-state index contributed by atoms with van der Waals surface area (Å²) in [5.74, 6) is 3.28. The molecule has 0 bridgehead atoms. The molecule has 1 atom stereocenters. The molecule has 25 heavy (non-hydrogen) atoms. The quantitative estimate of drug-likeness (QED) is 0.723. The van der Waals surface area contributed by atoms with Gasteiger partial charge in [0.2, 0.25) is 5.89 Å². The molecule has 0 aromatic carbocycles. The van der Waals surface area contributed by atoms with Gasteiger partial charge in [-0.25, -0.2) is 4.98 Å². The number of hydrogen-bond acceptors (Lipinski definition) is 7. The fourth-order valence-electron chi connectivity index (χ4n) is 3.38. The molecule has 0 aliphatic carbocycles.